The fourth-order valence-corrected chi connectivity index (χ4v) is 2.45. The molecule has 0 aliphatic rings. The number of carboxylic acid groups (broad SMARTS) is 1. The molecule has 0 saturated carbocycles. The van der Waals surface area contributed by atoms with Crippen LogP contribution in [0.4, 0.5) is 10.6 Å². The fourth-order valence-electron chi connectivity index (χ4n) is 1.84. The quantitative estimate of drug-likeness (QED) is 0.772. The van der Waals surface area contributed by atoms with Crippen molar-refractivity contribution in [2.75, 3.05) is 10.5 Å². The predicted molar refractivity (Wildman–Crippen MR) is 80.7 cm³/mol. The third-order valence-corrected chi connectivity index (χ3v) is 4.18. The zero-order chi connectivity index (χ0) is 16.3. The Balaban J connectivity index is 3.29. The standard InChI is InChI=1S/C13H21N3O4S/c1-5-21(19,20)16-11-9(7-6-8-14-11)10(13(2,3)4)15-12(17)18/h6-8,10,15H,5H2,1-4H3,(H,14,16)(H,17,18). The molecular formula is C13H21N3O4S. The maximum atomic E-state index is 11.7. The predicted octanol–water partition coefficient (Wildman–Crippen LogP) is 2.20. The van der Waals surface area contributed by atoms with Gasteiger partial charge in [-0.2, -0.15) is 0 Å². The van der Waals surface area contributed by atoms with Gasteiger partial charge in [-0.05, 0) is 18.4 Å². The van der Waals surface area contributed by atoms with E-state index >= 15 is 0 Å². The third-order valence-electron chi connectivity index (χ3n) is 2.92. The van der Waals surface area contributed by atoms with Gasteiger partial charge in [-0.3, -0.25) is 4.72 Å². The summed E-state index contributed by atoms with van der Waals surface area (Å²) < 4.78 is 25.8. The highest BCUT2D eigenvalue weighted by Crippen LogP contribution is 2.35. The average Bonchev–Trinajstić information content (AvgIpc) is 2.35. The highest BCUT2D eigenvalue weighted by atomic mass is 32.2. The van der Waals surface area contributed by atoms with Crippen LogP contribution in [0.15, 0.2) is 18.3 Å². The van der Waals surface area contributed by atoms with Crippen molar-refractivity contribution in [3.05, 3.63) is 23.9 Å². The number of rotatable bonds is 5. The van der Waals surface area contributed by atoms with Gasteiger partial charge in [-0.1, -0.05) is 26.8 Å². The van der Waals surface area contributed by atoms with Crippen molar-refractivity contribution in [3.63, 3.8) is 0 Å². The lowest BCUT2D eigenvalue weighted by Crippen LogP contribution is -2.36. The number of nitrogens with one attached hydrogen (secondary N) is 2. The Bertz CT molecular complexity index is 608. The Labute approximate surface area is 124 Å². The Morgan fingerprint density at radius 3 is 2.52 bits per heavy atom. The van der Waals surface area contributed by atoms with Crippen LogP contribution in [0.2, 0.25) is 0 Å². The summed E-state index contributed by atoms with van der Waals surface area (Å²) in [6.45, 7) is 7.10. The van der Waals surface area contributed by atoms with Gasteiger partial charge >= 0.3 is 6.09 Å². The van der Waals surface area contributed by atoms with Crippen LogP contribution < -0.4 is 10.0 Å². The maximum absolute atomic E-state index is 11.7. The van der Waals surface area contributed by atoms with Gasteiger partial charge in [0.15, 0.2) is 0 Å². The zero-order valence-electron chi connectivity index (χ0n) is 12.5. The molecule has 1 amide bonds. The first-order valence-electron chi connectivity index (χ1n) is 6.51. The van der Waals surface area contributed by atoms with Gasteiger partial charge in [-0.15, -0.1) is 0 Å². The molecule has 0 radical (unpaired) electrons. The summed E-state index contributed by atoms with van der Waals surface area (Å²) in [6, 6.07) is 2.70. The van der Waals surface area contributed by atoms with Gasteiger partial charge in [0.1, 0.15) is 5.82 Å². The highest BCUT2D eigenvalue weighted by molar-refractivity contribution is 7.92. The van der Waals surface area contributed by atoms with Crippen molar-refractivity contribution in [1.82, 2.24) is 10.3 Å². The normalized spacial score (nSPS) is 13.5. The summed E-state index contributed by atoms with van der Waals surface area (Å²) >= 11 is 0. The lowest BCUT2D eigenvalue weighted by Gasteiger charge is -2.31. The van der Waals surface area contributed by atoms with Crippen LogP contribution in [0.3, 0.4) is 0 Å². The molecule has 0 bridgehead atoms. The number of hydrogen-bond donors (Lipinski definition) is 3. The number of anilines is 1. The number of pyridine rings is 1. The minimum absolute atomic E-state index is 0.0877. The number of hydrogen-bond acceptors (Lipinski definition) is 4. The van der Waals surface area contributed by atoms with Gasteiger partial charge in [0.25, 0.3) is 0 Å². The molecular weight excluding hydrogens is 294 g/mol. The van der Waals surface area contributed by atoms with Crippen LogP contribution in [0.1, 0.15) is 39.3 Å². The summed E-state index contributed by atoms with van der Waals surface area (Å²) in [5, 5.41) is 11.4. The Kier molecular flexibility index (Phi) is 5.16. The smallest absolute Gasteiger partial charge is 0.405 e. The van der Waals surface area contributed by atoms with Crippen LogP contribution in [0.5, 0.6) is 0 Å². The lowest BCUT2D eigenvalue weighted by molar-refractivity contribution is 0.175. The van der Waals surface area contributed by atoms with Crippen molar-refractivity contribution in [2.24, 2.45) is 5.41 Å². The molecule has 1 rings (SSSR count). The molecule has 1 heterocycles. The molecule has 0 aromatic carbocycles. The van der Waals surface area contributed by atoms with Crippen LogP contribution in [0, 0.1) is 5.41 Å². The topological polar surface area (TPSA) is 108 Å². The number of sulfonamides is 1. The van der Waals surface area contributed by atoms with Crippen LogP contribution in [-0.2, 0) is 10.0 Å². The minimum Gasteiger partial charge on any atom is -0.465 e. The van der Waals surface area contributed by atoms with E-state index in [2.05, 4.69) is 15.0 Å². The Morgan fingerprint density at radius 2 is 2.05 bits per heavy atom. The van der Waals surface area contributed by atoms with E-state index in [1.165, 1.54) is 13.1 Å². The molecule has 0 saturated heterocycles. The van der Waals surface area contributed by atoms with Gasteiger partial charge in [0.2, 0.25) is 10.0 Å². The molecule has 1 aromatic heterocycles. The second kappa shape index (κ2) is 6.30. The fraction of sp³-hybridized carbons (Fsp3) is 0.538. The van der Waals surface area contributed by atoms with E-state index < -0.39 is 27.6 Å². The molecule has 1 atom stereocenters. The monoisotopic (exact) mass is 315 g/mol. The van der Waals surface area contributed by atoms with E-state index in [1.807, 2.05) is 20.8 Å². The second-order valence-corrected chi connectivity index (χ2v) is 7.71. The van der Waals surface area contributed by atoms with E-state index in [0.717, 1.165) is 0 Å². The van der Waals surface area contributed by atoms with E-state index in [1.54, 1.807) is 12.1 Å². The third kappa shape index (κ3) is 4.89. The van der Waals surface area contributed by atoms with Crippen molar-refractivity contribution >= 4 is 21.9 Å². The summed E-state index contributed by atoms with van der Waals surface area (Å²) in [7, 11) is -3.49. The second-order valence-electron chi connectivity index (χ2n) is 5.70. The molecule has 3 N–H and O–H groups in total. The van der Waals surface area contributed by atoms with E-state index in [4.69, 9.17) is 5.11 Å². The van der Waals surface area contributed by atoms with Crippen LogP contribution >= 0.6 is 0 Å². The first kappa shape index (κ1) is 17.2. The largest absolute Gasteiger partial charge is 0.465 e. The van der Waals surface area contributed by atoms with Gasteiger partial charge in [-0.25, -0.2) is 18.2 Å². The van der Waals surface area contributed by atoms with Crippen LogP contribution in [0.25, 0.3) is 0 Å². The van der Waals surface area contributed by atoms with E-state index in [9.17, 15) is 13.2 Å². The zero-order valence-corrected chi connectivity index (χ0v) is 13.4. The molecule has 7 nitrogen and oxygen atoms in total. The number of aromatic nitrogens is 1. The summed E-state index contributed by atoms with van der Waals surface area (Å²) in [5.41, 5.74) is 0.0396. The summed E-state index contributed by atoms with van der Waals surface area (Å²) in [5.74, 6) is 0.0586. The molecule has 1 aromatic rings. The van der Waals surface area contributed by atoms with Crippen LogP contribution in [-0.4, -0.2) is 30.4 Å². The molecule has 0 spiro atoms. The summed E-state index contributed by atoms with van der Waals surface area (Å²) in [6.07, 6.45) is 0.278. The van der Waals surface area contributed by atoms with E-state index in [-0.39, 0.29) is 11.6 Å². The average molecular weight is 315 g/mol. The molecule has 8 heteroatoms. The van der Waals surface area contributed by atoms with E-state index in [0.29, 0.717) is 5.56 Å². The lowest BCUT2D eigenvalue weighted by atomic mass is 9.82. The molecule has 21 heavy (non-hydrogen) atoms. The number of nitrogens with zero attached hydrogens (tertiary/aromatic N) is 1. The first-order chi connectivity index (χ1) is 9.57. The molecule has 118 valence electrons. The van der Waals surface area contributed by atoms with Gasteiger partial charge in [0, 0.05) is 11.8 Å². The SMILES string of the molecule is CCS(=O)(=O)Nc1ncccc1C(NC(=O)O)C(C)(C)C. The molecule has 0 fully saturated rings. The van der Waals surface area contributed by atoms with Crippen molar-refractivity contribution in [1.29, 1.82) is 0 Å². The van der Waals surface area contributed by atoms with Gasteiger partial charge in [0.05, 0.1) is 11.8 Å². The molecule has 0 aliphatic heterocycles. The number of carbonyl (C=O) groups is 1. The highest BCUT2D eigenvalue weighted by Gasteiger charge is 2.30. The van der Waals surface area contributed by atoms with Gasteiger partial charge < -0.3 is 10.4 Å². The van der Waals surface area contributed by atoms with Crippen molar-refractivity contribution in [3.8, 4) is 0 Å². The maximum Gasteiger partial charge on any atom is 0.405 e. The number of amides is 1. The summed E-state index contributed by atoms with van der Waals surface area (Å²) in [4.78, 5) is 15.0. The first-order valence-corrected chi connectivity index (χ1v) is 8.17. The Morgan fingerprint density at radius 1 is 1.43 bits per heavy atom. The Hall–Kier alpha value is -1.83. The molecule has 1 unspecified atom stereocenters. The van der Waals surface area contributed by atoms with Crippen molar-refractivity contribution in [2.45, 2.75) is 33.7 Å². The minimum atomic E-state index is -3.49. The van der Waals surface area contributed by atoms with Crippen molar-refractivity contribution < 1.29 is 18.3 Å². The molecule has 0 aliphatic carbocycles.